The lowest BCUT2D eigenvalue weighted by Crippen LogP contribution is -2.44. The van der Waals surface area contributed by atoms with Gasteiger partial charge in [0.25, 0.3) is 0 Å². The molecule has 33 heavy (non-hydrogen) atoms. The topological polar surface area (TPSA) is 75.6 Å². The molecule has 0 radical (unpaired) electrons. The van der Waals surface area contributed by atoms with Crippen molar-refractivity contribution in [1.82, 2.24) is 5.32 Å². The van der Waals surface area contributed by atoms with Gasteiger partial charge in [-0.05, 0) is 27.8 Å². The van der Waals surface area contributed by atoms with E-state index in [9.17, 15) is 14.7 Å². The van der Waals surface area contributed by atoms with Gasteiger partial charge in [0, 0.05) is 11.7 Å². The maximum absolute atomic E-state index is 12.7. The van der Waals surface area contributed by atoms with Crippen molar-refractivity contribution in [3.63, 3.8) is 0 Å². The number of rotatable bonds is 9. The summed E-state index contributed by atoms with van der Waals surface area (Å²) in [6, 6.07) is 24.4. The Hall–Kier alpha value is -2.90. The van der Waals surface area contributed by atoms with Crippen LogP contribution in [0.3, 0.4) is 0 Å². The van der Waals surface area contributed by atoms with E-state index in [0.717, 1.165) is 33.6 Å². The minimum absolute atomic E-state index is 0.0821. The number of carboxylic acid groups (broad SMARTS) is 1. The highest BCUT2D eigenvalue weighted by Gasteiger charge is 2.33. The Labute approximate surface area is 201 Å². The molecule has 0 heterocycles. The van der Waals surface area contributed by atoms with Gasteiger partial charge in [-0.1, -0.05) is 107 Å². The van der Waals surface area contributed by atoms with Crippen LogP contribution in [0, 0.1) is 0 Å². The first kappa shape index (κ1) is 23.3. The number of benzene rings is 3. The Kier molecular flexibility index (Phi) is 7.62. The third kappa shape index (κ3) is 5.20. The molecule has 5 nitrogen and oxygen atoms in total. The quantitative estimate of drug-likeness (QED) is 0.360. The SMILES string of the molecule is CCSS[C@H](c1ccccc1)[C@H](NC(=O)OCC1c2ccccc2-c2ccccc21)C(=O)O. The molecule has 0 spiro atoms. The summed E-state index contributed by atoms with van der Waals surface area (Å²) in [7, 11) is 3.01. The van der Waals surface area contributed by atoms with E-state index in [1.807, 2.05) is 73.7 Å². The monoisotopic (exact) mass is 479 g/mol. The fourth-order valence-corrected chi connectivity index (χ4v) is 6.48. The Morgan fingerprint density at radius 1 is 0.939 bits per heavy atom. The summed E-state index contributed by atoms with van der Waals surface area (Å²) in [6.45, 7) is 2.15. The van der Waals surface area contributed by atoms with Gasteiger partial charge < -0.3 is 15.2 Å². The lowest BCUT2D eigenvalue weighted by atomic mass is 9.98. The number of hydrogen-bond donors (Lipinski definition) is 2. The van der Waals surface area contributed by atoms with Crippen molar-refractivity contribution in [2.45, 2.75) is 24.1 Å². The summed E-state index contributed by atoms with van der Waals surface area (Å²) >= 11 is 0. The number of alkyl carbamates (subject to hydrolysis) is 1. The van der Waals surface area contributed by atoms with Gasteiger partial charge in [-0.15, -0.1) is 0 Å². The molecule has 0 aromatic heterocycles. The fraction of sp³-hybridized carbons (Fsp3) is 0.231. The second kappa shape index (κ2) is 10.8. The third-order valence-electron chi connectivity index (χ3n) is 5.60. The fourth-order valence-electron chi connectivity index (χ4n) is 4.12. The zero-order valence-electron chi connectivity index (χ0n) is 18.1. The van der Waals surface area contributed by atoms with Gasteiger partial charge in [-0.25, -0.2) is 9.59 Å². The van der Waals surface area contributed by atoms with Crippen LogP contribution in [0.25, 0.3) is 11.1 Å². The Morgan fingerprint density at radius 3 is 2.09 bits per heavy atom. The van der Waals surface area contributed by atoms with Crippen LogP contribution in [0.15, 0.2) is 78.9 Å². The molecular weight excluding hydrogens is 454 g/mol. The molecular formula is C26H25NO4S2. The maximum atomic E-state index is 12.7. The summed E-state index contributed by atoms with van der Waals surface area (Å²) in [5.41, 5.74) is 5.34. The van der Waals surface area contributed by atoms with Crippen molar-refractivity contribution in [3.8, 4) is 11.1 Å². The molecule has 170 valence electrons. The third-order valence-corrected chi connectivity index (χ3v) is 8.46. The predicted molar refractivity (Wildman–Crippen MR) is 135 cm³/mol. The van der Waals surface area contributed by atoms with Crippen LogP contribution in [0.2, 0.25) is 0 Å². The van der Waals surface area contributed by atoms with Gasteiger partial charge in [0.15, 0.2) is 0 Å². The lowest BCUT2D eigenvalue weighted by molar-refractivity contribution is -0.139. The van der Waals surface area contributed by atoms with Gasteiger partial charge >= 0.3 is 12.1 Å². The first-order valence-corrected chi connectivity index (χ1v) is 13.2. The highest BCUT2D eigenvalue weighted by Crippen LogP contribution is 2.44. The van der Waals surface area contributed by atoms with E-state index in [2.05, 4.69) is 17.4 Å². The molecule has 0 fully saturated rings. The van der Waals surface area contributed by atoms with E-state index >= 15 is 0 Å². The van der Waals surface area contributed by atoms with Crippen LogP contribution >= 0.6 is 21.6 Å². The molecule has 0 aliphatic heterocycles. The number of hydrogen-bond acceptors (Lipinski definition) is 5. The van der Waals surface area contributed by atoms with E-state index in [0.29, 0.717) is 0 Å². The molecule has 1 aliphatic carbocycles. The molecule has 0 saturated carbocycles. The van der Waals surface area contributed by atoms with E-state index < -0.39 is 23.4 Å². The predicted octanol–water partition coefficient (Wildman–Crippen LogP) is 6.12. The average molecular weight is 480 g/mol. The van der Waals surface area contributed by atoms with Crippen molar-refractivity contribution >= 4 is 33.7 Å². The van der Waals surface area contributed by atoms with Gasteiger partial charge in [0.1, 0.15) is 12.6 Å². The molecule has 3 aromatic rings. The van der Waals surface area contributed by atoms with Crippen molar-refractivity contribution in [1.29, 1.82) is 0 Å². The lowest BCUT2D eigenvalue weighted by Gasteiger charge is -2.24. The summed E-state index contributed by atoms with van der Waals surface area (Å²) in [6.07, 6.45) is -0.729. The van der Waals surface area contributed by atoms with Crippen molar-refractivity contribution in [3.05, 3.63) is 95.6 Å². The van der Waals surface area contributed by atoms with Gasteiger partial charge in [-0.2, -0.15) is 0 Å². The van der Waals surface area contributed by atoms with Crippen molar-refractivity contribution in [2.75, 3.05) is 12.4 Å². The molecule has 4 rings (SSSR count). The number of amides is 1. The number of ether oxygens (including phenoxy) is 1. The zero-order chi connectivity index (χ0) is 23.2. The van der Waals surface area contributed by atoms with Crippen LogP contribution in [0.1, 0.15) is 34.8 Å². The number of nitrogens with one attached hydrogen (secondary N) is 1. The molecule has 7 heteroatoms. The van der Waals surface area contributed by atoms with Gasteiger partial charge in [0.05, 0.1) is 5.25 Å². The molecule has 1 aliphatic rings. The van der Waals surface area contributed by atoms with Crippen LogP contribution in [-0.4, -0.2) is 35.6 Å². The normalized spacial score (nSPS) is 14.1. The molecule has 0 unspecified atom stereocenters. The van der Waals surface area contributed by atoms with Crippen LogP contribution in [0.4, 0.5) is 4.79 Å². The number of carboxylic acids is 1. The minimum atomic E-state index is -1.12. The average Bonchev–Trinajstić information content (AvgIpc) is 3.16. The standard InChI is InChI=1S/C26H25NO4S2/c1-2-32-33-24(17-10-4-3-5-11-17)23(25(28)29)27-26(30)31-16-22-20-14-8-6-12-18(20)19-13-7-9-15-21(19)22/h3-15,22-24H,2,16H2,1H3,(H,27,30)(H,28,29)/t23-,24+/m0/s1. The summed E-state index contributed by atoms with van der Waals surface area (Å²) in [4.78, 5) is 24.8. The number of carbonyl (C=O) groups is 2. The van der Waals surface area contributed by atoms with Crippen LogP contribution < -0.4 is 5.32 Å². The Morgan fingerprint density at radius 2 is 1.52 bits per heavy atom. The largest absolute Gasteiger partial charge is 0.480 e. The number of aliphatic carboxylic acids is 1. The van der Waals surface area contributed by atoms with E-state index in [4.69, 9.17) is 4.74 Å². The number of carbonyl (C=O) groups excluding carboxylic acids is 1. The van der Waals surface area contributed by atoms with Gasteiger partial charge in [0.2, 0.25) is 0 Å². The highest BCUT2D eigenvalue weighted by molar-refractivity contribution is 8.76. The van der Waals surface area contributed by atoms with Crippen molar-refractivity contribution in [2.24, 2.45) is 0 Å². The molecule has 2 N–H and O–H groups in total. The second-order valence-corrected chi connectivity index (χ2v) is 10.4. The Balaban J connectivity index is 1.48. The molecule has 3 aromatic carbocycles. The van der Waals surface area contributed by atoms with E-state index in [1.54, 1.807) is 10.8 Å². The van der Waals surface area contributed by atoms with Crippen molar-refractivity contribution < 1.29 is 19.4 Å². The highest BCUT2D eigenvalue weighted by atomic mass is 33.1. The molecule has 0 saturated heterocycles. The molecule has 0 bridgehead atoms. The maximum Gasteiger partial charge on any atom is 0.407 e. The van der Waals surface area contributed by atoms with Gasteiger partial charge in [-0.3, -0.25) is 0 Å². The molecule has 2 atom stereocenters. The smallest absolute Gasteiger partial charge is 0.407 e. The van der Waals surface area contributed by atoms with E-state index in [1.165, 1.54) is 10.8 Å². The van der Waals surface area contributed by atoms with Crippen LogP contribution in [0.5, 0.6) is 0 Å². The zero-order valence-corrected chi connectivity index (χ0v) is 19.8. The molecule has 1 amide bonds. The first-order chi connectivity index (χ1) is 16.1. The minimum Gasteiger partial charge on any atom is -0.480 e. The summed E-state index contributed by atoms with van der Waals surface area (Å²) < 4.78 is 5.58. The summed E-state index contributed by atoms with van der Waals surface area (Å²) in [5, 5.41) is 12.1. The number of fused-ring (bicyclic) bond motifs is 3. The summed E-state index contributed by atoms with van der Waals surface area (Å²) in [5.74, 6) is -0.353. The van der Waals surface area contributed by atoms with Crippen LogP contribution in [-0.2, 0) is 9.53 Å². The Bertz CT molecular complexity index is 1080. The second-order valence-electron chi connectivity index (χ2n) is 7.62. The van der Waals surface area contributed by atoms with E-state index in [-0.39, 0.29) is 12.5 Å². The first-order valence-electron chi connectivity index (χ1n) is 10.8.